The van der Waals surface area contributed by atoms with Crippen LogP contribution in [0.1, 0.15) is 20.3 Å². The molecular weight excluding hydrogens is 302 g/mol. The molecule has 2 aromatic rings. The zero-order valence-corrected chi connectivity index (χ0v) is 14.1. The molecule has 0 spiro atoms. The summed E-state index contributed by atoms with van der Waals surface area (Å²) in [7, 11) is 0. The molecule has 2 rings (SSSR count). The lowest BCUT2D eigenvalue weighted by atomic mass is 10.2. The molecular formula is C20H23NO3. The summed E-state index contributed by atoms with van der Waals surface area (Å²) in [6, 6.07) is 16.6. The maximum Gasteiger partial charge on any atom is 0.265 e. The number of para-hydroxylation sites is 1. The second-order valence-electron chi connectivity index (χ2n) is 5.59. The Labute approximate surface area is 143 Å². The van der Waals surface area contributed by atoms with Crippen LogP contribution in [0, 0.1) is 0 Å². The van der Waals surface area contributed by atoms with E-state index in [0.29, 0.717) is 24.5 Å². The Hall–Kier alpha value is -2.75. The van der Waals surface area contributed by atoms with Gasteiger partial charge in [0.2, 0.25) is 0 Å². The average Bonchev–Trinajstić information content (AvgIpc) is 2.59. The van der Waals surface area contributed by atoms with Gasteiger partial charge in [-0.1, -0.05) is 31.7 Å². The summed E-state index contributed by atoms with van der Waals surface area (Å²) in [5.74, 6) is 1.25. The van der Waals surface area contributed by atoms with Gasteiger partial charge in [-0.15, -0.1) is 0 Å². The molecule has 0 heterocycles. The van der Waals surface area contributed by atoms with E-state index in [2.05, 4.69) is 11.9 Å². The monoisotopic (exact) mass is 325 g/mol. The minimum atomic E-state index is -0.535. The van der Waals surface area contributed by atoms with Crippen LogP contribution in [0.5, 0.6) is 11.5 Å². The number of benzene rings is 2. The van der Waals surface area contributed by atoms with Crippen LogP contribution >= 0.6 is 0 Å². The normalized spacial score (nSPS) is 11.4. The van der Waals surface area contributed by atoms with Gasteiger partial charge < -0.3 is 14.8 Å². The molecule has 0 aliphatic rings. The molecule has 0 aliphatic heterocycles. The topological polar surface area (TPSA) is 47.6 Å². The van der Waals surface area contributed by atoms with E-state index >= 15 is 0 Å². The van der Waals surface area contributed by atoms with Crippen molar-refractivity contribution in [3.8, 4) is 11.5 Å². The molecule has 24 heavy (non-hydrogen) atoms. The van der Waals surface area contributed by atoms with Crippen LogP contribution in [0.15, 0.2) is 66.7 Å². The maximum absolute atomic E-state index is 12.4. The Morgan fingerprint density at radius 2 is 1.75 bits per heavy atom. The third-order valence-electron chi connectivity index (χ3n) is 3.29. The Bertz CT molecular complexity index is 665. The van der Waals surface area contributed by atoms with Crippen LogP contribution in [0.3, 0.4) is 0 Å². The molecule has 0 bridgehead atoms. The van der Waals surface area contributed by atoms with Crippen molar-refractivity contribution in [1.82, 2.24) is 0 Å². The lowest BCUT2D eigenvalue weighted by molar-refractivity contribution is -0.122. The van der Waals surface area contributed by atoms with Gasteiger partial charge >= 0.3 is 0 Å². The minimum absolute atomic E-state index is 0.169. The van der Waals surface area contributed by atoms with Crippen LogP contribution in [0.2, 0.25) is 0 Å². The fourth-order valence-electron chi connectivity index (χ4n) is 2.05. The minimum Gasteiger partial charge on any atom is -0.489 e. The summed E-state index contributed by atoms with van der Waals surface area (Å²) in [6.45, 7) is 8.10. The van der Waals surface area contributed by atoms with Crippen molar-refractivity contribution in [2.24, 2.45) is 0 Å². The Morgan fingerprint density at radius 1 is 1.08 bits per heavy atom. The second kappa shape index (κ2) is 8.77. The SMILES string of the molecule is C=C(C)COc1ccc(NC(=O)C(CC)Oc2ccccc2)cc1. The van der Waals surface area contributed by atoms with E-state index in [4.69, 9.17) is 9.47 Å². The number of hydrogen-bond acceptors (Lipinski definition) is 3. The third-order valence-corrected chi connectivity index (χ3v) is 3.29. The fraction of sp³-hybridized carbons (Fsp3) is 0.250. The van der Waals surface area contributed by atoms with Gasteiger partial charge in [-0.05, 0) is 55.3 Å². The van der Waals surface area contributed by atoms with E-state index in [9.17, 15) is 4.79 Å². The van der Waals surface area contributed by atoms with Crippen molar-refractivity contribution >= 4 is 11.6 Å². The van der Waals surface area contributed by atoms with E-state index < -0.39 is 6.10 Å². The lowest BCUT2D eigenvalue weighted by Gasteiger charge is -2.17. The highest BCUT2D eigenvalue weighted by atomic mass is 16.5. The number of amides is 1. The van der Waals surface area contributed by atoms with Gasteiger partial charge in [-0.3, -0.25) is 4.79 Å². The molecule has 2 aromatic carbocycles. The molecule has 4 heteroatoms. The van der Waals surface area contributed by atoms with Crippen molar-refractivity contribution in [2.45, 2.75) is 26.4 Å². The summed E-state index contributed by atoms with van der Waals surface area (Å²) in [6.07, 6.45) is 0.0484. The summed E-state index contributed by atoms with van der Waals surface area (Å²) in [4.78, 5) is 12.4. The number of ether oxygens (including phenoxy) is 2. The Morgan fingerprint density at radius 3 is 2.33 bits per heavy atom. The van der Waals surface area contributed by atoms with Crippen LogP contribution in [0.4, 0.5) is 5.69 Å². The highest BCUT2D eigenvalue weighted by Gasteiger charge is 2.18. The number of anilines is 1. The average molecular weight is 325 g/mol. The highest BCUT2D eigenvalue weighted by molar-refractivity contribution is 5.94. The molecule has 1 N–H and O–H groups in total. The predicted octanol–water partition coefficient (Wildman–Crippen LogP) is 4.44. The molecule has 0 aliphatic carbocycles. The number of hydrogen-bond donors (Lipinski definition) is 1. The number of rotatable bonds is 8. The van der Waals surface area contributed by atoms with E-state index in [1.54, 1.807) is 12.1 Å². The third kappa shape index (κ3) is 5.47. The Kier molecular flexibility index (Phi) is 6.43. The van der Waals surface area contributed by atoms with Crippen molar-refractivity contribution in [2.75, 3.05) is 11.9 Å². The van der Waals surface area contributed by atoms with Crippen molar-refractivity contribution < 1.29 is 14.3 Å². The van der Waals surface area contributed by atoms with Crippen LogP contribution in [-0.4, -0.2) is 18.6 Å². The molecule has 0 radical (unpaired) electrons. The van der Waals surface area contributed by atoms with Crippen LogP contribution in [0.25, 0.3) is 0 Å². The number of nitrogens with one attached hydrogen (secondary N) is 1. The van der Waals surface area contributed by atoms with Gasteiger partial charge in [0.05, 0.1) is 0 Å². The van der Waals surface area contributed by atoms with Gasteiger partial charge in [0.25, 0.3) is 5.91 Å². The first kappa shape index (κ1) is 17.6. The van der Waals surface area contributed by atoms with E-state index in [0.717, 1.165) is 11.3 Å². The molecule has 0 saturated carbocycles. The van der Waals surface area contributed by atoms with Gasteiger partial charge in [0.15, 0.2) is 6.10 Å². The molecule has 0 aromatic heterocycles. The summed E-state index contributed by atoms with van der Waals surface area (Å²) >= 11 is 0. The second-order valence-corrected chi connectivity index (χ2v) is 5.59. The first-order valence-corrected chi connectivity index (χ1v) is 7.98. The van der Waals surface area contributed by atoms with Gasteiger partial charge in [0.1, 0.15) is 18.1 Å². The zero-order valence-electron chi connectivity index (χ0n) is 14.1. The standard InChI is InChI=1S/C20H23NO3/c1-4-19(24-18-8-6-5-7-9-18)20(22)21-16-10-12-17(13-11-16)23-14-15(2)3/h5-13,19H,2,4,14H2,1,3H3,(H,21,22). The van der Waals surface area contributed by atoms with Gasteiger partial charge in [-0.2, -0.15) is 0 Å². The maximum atomic E-state index is 12.4. The first-order chi connectivity index (χ1) is 11.6. The number of carbonyl (C=O) groups is 1. The highest BCUT2D eigenvalue weighted by Crippen LogP contribution is 2.18. The van der Waals surface area contributed by atoms with Gasteiger partial charge in [0, 0.05) is 5.69 Å². The van der Waals surface area contributed by atoms with Gasteiger partial charge in [-0.25, -0.2) is 0 Å². The molecule has 126 valence electrons. The molecule has 0 saturated heterocycles. The molecule has 1 atom stereocenters. The van der Waals surface area contributed by atoms with Crippen molar-refractivity contribution in [3.63, 3.8) is 0 Å². The molecule has 1 unspecified atom stereocenters. The number of carbonyl (C=O) groups excluding carboxylic acids is 1. The van der Waals surface area contributed by atoms with Crippen molar-refractivity contribution in [1.29, 1.82) is 0 Å². The Balaban J connectivity index is 1.93. The zero-order chi connectivity index (χ0) is 17.4. The quantitative estimate of drug-likeness (QED) is 0.730. The fourth-order valence-corrected chi connectivity index (χ4v) is 2.05. The lowest BCUT2D eigenvalue weighted by Crippen LogP contribution is -2.32. The van der Waals surface area contributed by atoms with Crippen LogP contribution in [-0.2, 0) is 4.79 Å². The van der Waals surface area contributed by atoms with E-state index in [1.165, 1.54) is 0 Å². The molecule has 1 amide bonds. The van der Waals surface area contributed by atoms with E-state index in [-0.39, 0.29) is 5.91 Å². The predicted molar refractivity (Wildman–Crippen MR) is 96.5 cm³/mol. The summed E-state index contributed by atoms with van der Waals surface area (Å²) in [5, 5.41) is 2.87. The summed E-state index contributed by atoms with van der Waals surface area (Å²) < 4.78 is 11.3. The summed E-state index contributed by atoms with van der Waals surface area (Å²) in [5.41, 5.74) is 1.66. The smallest absolute Gasteiger partial charge is 0.265 e. The molecule has 4 nitrogen and oxygen atoms in total. The van der Waals surface area contributed by atoms with Crippen LogP contribution < -0.4 is 14.8 Å². The van der Waals surface area contributed by atoms with Crippen molar-refractivity contribution in [3.05, 3.63) is 66.7 Å². The first-order valence-electron chi connectivity index (χ1n) is 7.98. The largest absolute Gasteiger partial charge is 0.489 e. The van der Waals surface area contributed by atoms with E-state index in [1.807, 2.05) is 56.3 Å². The molecule has 0 fully saturated rings.